The maximum absolute atomic E-state index is 12.0. The molecule has 1 aliphatic rings. The average molecular weight is 437 g/mol. The van der Waals surface area contributed by atoms with Crippen LogP contribution < -0.4 is 10.1 Å². The fourth-order valence-electron chi connectivity index (χ4n) is 4.46. The Labute approximate surface area is 186 Å². The minimum absolute atomic E-state index is 0.0715. The zero-order chi connectivity index (χ0) is 22.8. The van der Waals surface area contributed by atoms with E-state index in [1.54, 1.807) is 19.4 Å². The highest BCUT2D eigenvalue weighted by atomic mass is 16.5. The summed E-state index contributed by atoms with van der Waals surface area (Å²) in [5.41, 5.74) is 4.16. The predicted octanol–water partition coefficient (Wildman–Crippen LogP) is 3.42. The van der Waals surface area contributed by atoms with Crippen molar-refractivity contribution in [2.24, 2.45) is 0 Å². The number of carbonyl (C=O) groups excluding carboxylic acids is 1. The summed E-state index contributed by atoms with van der Waals surface area (Å²) in [7, 11) is 2.89. The smallest absolute Gasteiger partial charge is 0.416 e. The Balaban J connectivity index is 1.68. The first kappa shape index (κ1) is 21.9. The molecule has 1 aromatic heterocycles. The summed E-state index contributed by atoms with van der Waals surface area (Å²) in [6.45, 7) is 5.05. The molecule has 168 valence electrons. The lowest BCUT2D eigenvalue weighted by atomic mass is 9.99. The van der Waals surface area contributed by atoms with Gasteiger partial charge in [0.05, 0.1) is 19.7 Å². The second-order valence-corrected chi connectivity index (χ2v) is 7.91. The van der Waals surface area contributed by atoms with Crippen LogP contribution in [0.3, 0.4) is 0 Å². The van der Waals surface area contributed by atoms with Gasteiger partial charge in [-0.15, -0.1) is 0 Å². The van der Waals surface area contributed by atoms with E-state index < -0.39 is 12.1 Å². The molecule has 2 N–H and O–H groups in total. The Morgan fingerprint density at radius 2 is 2.00 bits per heavy atom. The Morgan fingerprint density at radius 1 is 1.19 bits per heavy atom. The molecule has 1 fully saturated rings. The van der Waals surface area contributed by atoms with Crippen LogP contribution in [0.15, 0.2) is 42.6 Å². The highest BCUT2D eigenvalue weighted by Crippen LogP contribution is 2.31. The highest BCUT2D eigenvalue weighted by Gasteiger charge is 2.26. The number of methoxy groups -OCH3 is 2. The molecule has 0 amide bonds. The minimum atomic E-state index is -0.988. The van der Waals surface area contributed by atoms with E-state index in [1.807, 2.05) is 31.2 Å². The third kappa shape index (κ3) is 3.94. The summed E-state index contributed by atoms with van der Waals surface area (Å²) >= 11 is 0. The van der Waals surface area contributed by atoms with E-state index >= 15 is 0 Å². The van der Waals surface area contributed by atoms with Gasteiger partial charge >= 0.3 is 12.1 Å². The Bertz CT molecular complexity index is 1170. The van der Waals surface area contributed by atoms with Crippen LogP contribution >= 0.6 is 0 Å². The molecule has 8 heteroatoms. The first-order valence-electron chi connectivity index (χ1n) is 10.5. The van der Waals surface area contributed by atoms with Crippen molar-refractivity contribution in [1.29, 1.82) is 0 Å². The molecule has 1 unspecified atom stereocenters. The molecule has 1 atom stereocenters. The number of hydrogen-bond donors (Lipinski definition) is 2. The second-order valence-electron chi connectivity index (χ2n) is 7.91. The number of nitrogens with zero attached hydrogens (tertiary/aromatic N) is 2. The van der Waals surface area contributed by atoms with Gasteiger partial charge in [0, 0.05) is 43.8 Å². The van der Waals surface area contributed by atoms with Gasteiger partial charge in [-0.25, -0.2) is 9.59 Å². The molecular formula is C24H27N3O5. The molecule has 0 radical (unpaired) electrons. The quantitative estimate of drug-likeness (QED) is 0.591. The van der Waals surface area contributed by atoms with Crippen LogP contribution in [-0.4, -0.2) is 60.5 Å². The monoisotopic (exact) mass is 437 g/mol. The van der Waals surface area contributed by atoms with Gasteiger partial charge in [-0.3, -0.25) is 9.47 Å². The number of rotatable bonds is 5. The Morgan fingerprint density at radius 3 is 2.72 bits per heavy atom. The fraction of sp³-hybridized carbons (Fsp3) is 0.333. The maximum Gasteiger partial charge on any atom is 0.416 e. The number of benzene rings is 2. The molecule has 0 aliphatic carbocycles. The number of piperazine rings is 1. The summed E-state index contributed by atoms with van der Waals surface area (Å²) in [5.74, 6) is 0.0492. The summed E-state index contributed by atoms with van der Waals surface area (Å²) in [6, 6.07) is 11.6. The van der Waals surface area contributed by atoms with Crippen LogP contribution in [0.1, 0.15) is 33.1 Å². The predicted molar refractivity (Wildman–Crippen MR) is 120 cm³/mol. The molecule has 2 heterocycles. The highest BCUT2D eigenvalue weighted by molar-refractivity contribution is 5.93. The van der Waals surface area contributed by atoms with Crippen molar-refractivity contribution >= 4 is 23.0 Å². The third-order valence-electron chi connectivity index (χ3n) is 6.09. The molecule has 0 spiro atoms. The van der Waals surface area contributed by atoms with Gasteiger partial charge in [0.15, 0.2) is 0 Å². The molecule has 8 nitrogen and oxygen atoms in total. The molecular weight excluding hydrogens is 410 g/mol. The summed E-state index contributed by atoms with van der Waals surface area (Å²) in [4.78, 5) is 26.0. The number of nitrogens with one attached hydrogen (secondary N) is 1. The van der Waals surface area contributed by atoms with Crippen LogP contribution in [0, 0.1) is 6.92 Å². The van der Waals surface area contributed by atoms with Crippen molar-refractivity contribution in [3.63, 3.8) is 0 Å². The summed E-state index contributed by atoms with van der Waals surface area (Å²) < 4.78 is 11.6. The minimum Gasteiger partial charge on any atom is -0.496 e. The van der Waals surface area contributed by atoms with Gasteiger partial charge in [-0.1, -0.05) is 18.2 Å². The van der Waals surface area contributed by atoms with Crippen molar-refractivity contribution in [3.05, 3.63) is 64.8 Å². The number of aryl methyl sites for hydroxylation is 1. The van der Waals surface area contributed by atoms with E-state index in [9.17, 15) is 14.7 Å². The van der Waals surface area contributed by atoms with Gasteiger partial charge < -0.3 is 19.9 Å². The van der Waals surface area contributed by atoms with Gasteiger partial charge in [0.25, 0.3) is 0 Å². The lowest BCUT2D eigenvalue weighted by Gasteiger charge is -2.37. The van der Waals surface area contributed by atoms with E-state index in [4.69, 9.17) is 9.47 Å². The number of carboxylic acid groups (broad SMARTS) is 1. The standard InChI is InChI=1S/C24H27N3O5/c1-15-4-5-17(18-8-10-27(22(15)18)24(29)30)14-26-11-9-25-13-20(26)16-6-7-19(23(28)32-3)21(12-16)31-2/h4-8,10,12,20,25H,9,11,13-14H2,1-3H3,(H,29,30). The van der Waals surface area contributed by atoms with E-state index in [2.05, 4.69) is 16.3 Å². The van der Waals surface area contributed by atoms with Crippen LogP contribution in [0.4, 0.5) is 4.79 Å². The summed E-state index contributed by atoms with van der Waals surface area (Å²) in [6.07, 6.45) is 0.618. The fourth-order valence-corrected chi connectivity index (χ4v) is 4.46. The number of esters is 1. The normalized spacial score (nSPS) is 16.8. The van der Waals surface area contributed by atoms with E-state index in [1.165, 1.54) is 11.7 Å². The van der Waals surface area contributed by atoms with Crippen molar-refractivity contribution in [2.45, 2.75) is 19.5 Å². The molecule has 4 rings (SSSR count). The van der Waals surface area contributed by atoms with Gasteiger partial charge in [-0.05, 0) is 41.8 Å². The molecule has 1 saturated heterocycles. The molecule has 0 bridgehead atoms. The topological polar surface area (TPSA) is 93.0 Å². The lowest BCUT2D eigenvalue weighted by molar-refractivity contribution is 0.0597. The van der Waals surface area contributed by atoms with Gasteiger partial charge in [-0.2, -0.15) is 0 Å². The van der Waals surface area contributed by atoms with Crippen LogP contribution in [0.2, 0.25) is 0 Å². The summed E-state index contributed by atoms with van der Waals surface area (Å²) in [5, 5.41) is 13.9. The molecule has 1 aliphatic heterocycles. The Kier molecular flexibility index (Phi) is 6.16. The zero-order valence-corrected chi connectivity index (χ0v) is 18.4. The number of aromatic nitrogens is 1. The zero-order valence-electron chi connectivity index (χ0n) is 18.4. The average Bonchev–Trinajstić information content (AvgIpc) is 3.27. The second kappa shape index (κ2) is 9.02. The number of hydrogen-bond acceptors (Lipinski definition) is 6. The SMILES string of the molecule is COC(=O)c1ccc(C2CNCCN2Cc2ccc(C)c3c2ccn3C(=O)O)cc1OC. The Hall–Kier alpha value is -3.36. The van der Waals surface area contributed by atoms with Gasteiger partial charge in [0.2, 0.25) is 0 Å². The van der Waals surface area contributed by atoms with Crippen LogP contribution in [-0.2, 0) is 11.3 Å². The van der Waals surface area contributed by atoms with Crippen LogP contribution in [0.5, 0.6) is 5.75 Å². The largest absolute Gasteiger partial charge is 0.496 e. The van der Waals surface area contributed by atoms with Crippen molar-refractivity contribution < 1.29 is 24.2 Å². The third-order valence-corrected chi connectivity index (χ3v) is 6.09. The van der Waals surface area contributed by atoms with E-state index in [0.29, 0.717) is 17.9 Å². The molecule has 3 aromatic rings. The van der Waals surface area contributed by atoms with Crippen molar-refractivity contribution in [2.75, 3.05) is 33.9 Å². The maximum atomic E-state index is 12.0. The number of ether oxygens (including phenoxy) is 2. The number of fused-ring (bicyclic) bond motifs is 1. The van der Waals surface area contributed by atoms with Gasteiger partial charge in [0.1, 0.15) is 11.3 Å². The van der Waals surface area contributed by atoms with Crippen molar-refractivity contribution in [3.8, 4) is 5.75 Å². The van der Waals surface area contributed by atoms with Crippen molar-refractivity contribution in [1.82, 2.24) is 14.8 Å². The molecule has 2 aromatic carbocycles. The van der Waals surface area contributed by atoms with E-state index in [0.717, 1.165) is 47.2 Å². The lowest BCUT2D eigenvalue weighted by Crippen LogP contribution is -2.45. The first-order chi connectivity index (χ1) is 15.4. The first-order valence-corrected chi connectivity index (χ1v) is 10.5. The van der Waals surface area contributed by atoms with Crippen LogP contribution in [0.25, 0.3) is 10.9 Å². The number of carbonyl (C=O) groups is 2. The molecule has 0 saturated carbocycles. The molecule has 32 heavy (non-hydrogen) atoms. The van der Waals surface area contributed by atoms with E-state index in [-0.39, 0.29) is 6.04 Å².